The van der Waals surface area contributed by atoms with E-state index in [2.05, 4.69) is 34.4 Å². The van der Waals surface area contributed by atoms with Gasteiger partial charge >= 0.3 is 0 Å². The normalized spacial score (nSPS) is 23.4. The Morgan fingerprint density at radius 2 is 2.08 bits per heavy atom. The molecule has 0 aromatic rings. The molecular weight excluding hydrogens is 316 g/mol. The van der Waals surface area contributed by atoms with E-state index < -0.39 is 0 Å². The molecule has 0 aromatic carbocycles. The lowest BCUT2D eigenvalue weighted by Gasteiger charge is -2.29. The first-order valence-corrected chi connectivity index (χ1v) is 10.1. The molecule has 0 amide bonds. The van der Waals surface area contributed by atoms with Crippen LogP contribution in [0.4, 0.5) is 0 Å². The third kappa shape index (κ3) is 7.92. The SMILES string of the molecule is CN=C(NCCCOC1CCOC1)NCC(CC(C)C)N1CCCC1. The molecule has 25 heavy (non-hydrogen) atoms. The van der Waals surface area contributed by atoms with Gasteiger partial charge in [0.2, 0.25) is 0 Å². The summed E-state index contributed by atoms with van der Waals surface area (Å²) in [4.78, 5) is 6.99. The van der Waals surface area contributed by atoms with Crippen molar-refractivity contribution in [3.63, 3.8) is 0 Å². The minimum Gasteiger partial charge on any atom is -0.379 e. The van der Waals surface area contributed by atoms with E-state index in [1.165, 1.54) is 32.4 Å². The Labute approximate surface area is 153 Å². The maximum absolute atomic E-state index is 5.80. The van der Waals surface area contributed by atoms with E-state index in [0.717, 1.165) is 57.6 Å². The first-order chi connectivity index (χ1) is 12.2. The summed E-state index contributed by atoms with van der Waals surface area (Å²) in [7, 11) is 1.84. The second-order valence-corrected chi connectivity index (χ2v) is 7.62. The summed E-state index contributed by atoms with van der Waals surface area (Å²) in [5, 5.41) is 6.92. The van der Waals surface area contributed by atoms with Gasteiger partial charge < -0.3 is 20.1 Å². The summed E-state index contributed by atoms with van der Waals surface area (Å²) in [6.07, 6.45) is 6.24. The lowest BCUT2D eigenvalue weighted by atomic mass is 10.0. The van der Waals surface area contributed by atoms with Gasteiger partial charge in [0.15, 0.2) is 5.96 Å². The molecule has 2 N–H and O–H groups in total. The number of aliphatic imine (C=N–C) groups is 1. The number of hydrogen-bond acceptors (Lipinski definition) is 4. The molecule has 2 aliphatic heterocycles. The van der Waals surface area contributed by atoms with Crippen LogP contribution in [0.15, 0.2) is 4.99 Å². The molecule has 2 heterocycles. The maximum Gasteiger partial charge on any atom is 0.191 e. The van der Waals surface area contributed by atoms with E-state index >= 15 is 0 Å². The first-order valence-electron chi connectivity index (χ1n) is 10.1. The predicted octanol–water partition coefficient (Wildman–Crippen LogP) is 1.86. The topological polar surface area (TPSA) is 58.1 Å². The summed E-state index contributed by atoms with van der Waals surface area (Å²) in [5.41, 5.74) is 0. The number of guanidine groups is 1. The van der Waals surface area contributed by atoms with Gasteiger partial charge in [-0.2, -0.15) is 0 Å². The lowest BCUT2D eigenvalue weighted by Crippen LogP contribution is -2.47. The number of likely N-dealkylation sites (tertiary alicyclic amines) is 1. The zero-order valence-electron chi connectivity index (χ0n) is 16.4. The van der Waals surface area contributed by atoms with Crippen molar-refractivity contribution in [2.24, 2.45) is 10.9 Å². The monoisotopic (exact) mass is 354 g/mol. The van der Waals surface area contributed by atoms with Crippen molar-refractivity contribution in [1.29, 1.82) is 0 Å². The number of ether oxygens (including phenoxy) is 2. The average Bonchev–Trinajstić information content (AvgIpc) is 3.29. The largest absolute Gasteiger partial charge is 0.379 e. The number of nitrogens with one attached hydrogen (secondary N) is 2. The molecular formula is C19H38N4O2. The maximum atomic E-state index is 5.80. The Bertz CT molecular complexity index is 378. The molecule has 6 nitrogen and oxygen atoms in total. The lowest BCUT2D eigenvalue weighted by molar-refractivity contribution is 0.0420. The highest BCUT2D eigenvalue weighted by atomic mass is 16.5. The zero-order chi connectivity index (χ0) is 17.9. The van der Waals surface area contributed by atoms with Crippen LogP contribution in [0.25, 0.3) is 0 Å². The number of rotatable bonds is 10. The van der Waals surface area contributed by atoms with E-state index in [1.807, 2.05) is 7.05 Å². The van der Waals surface area contributed by atoms with Gasteiger partial charge in [0.05, 0.1) is 12.7 Å². The van der Waals surface area contributed by atoms with E-state index in [9.17, 15) is 0 Å². The van der Waals surface area contributed by atoms with Crippen LogP contribution >= 0.6 is 0 Å². The van der Waals surface area contributed by atoms with Crippen LogP contribution in [-0.4, -0.2) is 76.1 Å². The highest BCUT2D eigenvalue weighted by molar-refractivity contribution is 5.79. The fourth-order valence-corrected chi connectivity index (χ4v) is 3.62. The second-order valence-electron chi connectivity index (χ2n) is 7.62. The third-order valence-electron chi connectivity index (χ3n) is 4.98. The second kappa shape index (κ2) is 11.7. The average molecular weight is 355 g/mol. The summed E-state index contributed by atoms with van der Waals surface area (Å²) in [6, 6.07) is 0.603. The Kier molecular flexibility index (Phi) is 9.58. The van der Waals surface area contributed by atoms with Crippen LogP contribution in [0, 0.1) is 5.92 Å². The van der Waals surface area contributed by atoms with Crippen molar-refractivity contribution in [2.75, 3.05) is 53.0 Å². The first kappa shape index (κ1) is 20.5. The Hall–Kier alpha value is -0.850. The van der Waals surface area contributed by atoms with Crippen LogP contribution < -0.4 is 10.6 Å². The molecule has 0 aromatic heterocycles. The molecule has 6 heteroatoms. The number of hydrogen-bond donors (Lipinski definition) is 2. The van der Waals surface area contributed by atoms with Gasteiger partial charge in [-0.1, -0.05) is 13.8 Å². The zero-order valence-corrected chi connectivity index (χ0v) is 16.4. The molecule has 2 saturated heterocycles. The quantitative estimate of drug-likeness (QED) is 0.356. The summed E-state index contributed by atoms with van der Waals surface area (Å²) in [6.45, 7) is 11.3. The van der Waals surface area contributed by atoms with Crippen molar-refractivity contribution in [2.45, 2.75) is 58.1 Å². The fourth-order valence-electron chi connectivity index (χ4n) is 3.62. The summed E-state index contributed by atoms with van der Waals surface area (Å²) < 4.78 is 11.1. The van der Waals surface area contributed by atoms with Gasteiger partial charge in [-0.3, -0.25) is 9.89 Å². The van der Waals surface area contributed by atoms with E-state index in [1.54, 1.807) is 0 Å². The highest BCUT2D eigenvalue weighted by Gasteiger charge is 2.22. The highest BCUT2D eigenvalue weighted by Crippen LogP contribution is 2.17. The van der Waals surface area contributed by atoms with Crippen molar-refractivity contribution in [3.8, 4) is 0 Å². The Morgan fingerprint density at radius 1 is 1.28 bits per heavy atom. The minimum absolute atomic E-state index is 0.301. The number of nitrogens with zero attached hydrogens (tertiary/aromatic N) is 2. The van der Waals surface area contributed by atoms with Crippen LogP contribution in [0.5, 0.6) is 0 Å². The molecule has 0 aliphatic carbocycles. The minimum atomic E-state index is 0.301. The molecule has 146 valence electrons. The summed E-state index contributed by atoms with van der Waals surface area (Å²) in [5.74, 6) is 1.62. The van der Waals surface area contributed by atoms with Crippen molar-refractivity contribution < 1.29 is 9.47 Å². The third-order valence-corrected chi connectivity index (χ3v) is 4.98. The van der Waals surface area contributed by atoms with Crippen molar-refractivity contribution in [3.05, 3.63) is 0 Å². The Morgan fingerprint density at radius 3 is 2.72 bits per heavy atom. The van der Waals surface area contributed by atoms with Gasteiger partial charge in [-0.05, 0) is 51.1 Å². The van der Waals surface area contributed by atoms with Gasteiger partial charge in [0.1, 0.15) is 0 Å². The molecule has 0 radical (unpaired) electrons. The predicted molar refractivity (Wildman–Crippen MR) is 103 cm³/mol. The van der Waals surface area contributed by atoms with Crippen LogP contribution in [0.1, 0.15) is 46.0 Å². The smallest absolute Gasteiger partial charge is 0.191 e. The van der Waals surface area contributed by atoms with Crippen LogP contribution in [0.3, 0.4) is 0 Å². The van der Waals surface area contributed by atoms with Gasteiger partial charge in [-0.15, -0.1) is 0 Å². The van der Waals surface area contributed by atoms with Gasteiger partial charge in [0, 0.05) is 39.4 Å². The van der Waals surface area contributed by atoms with Crippen LogP contribution in [0.2, 0.25) is 0 Å². The molecule has 0 spiro atoms. The summed E-state index contributed by atoms with van der Waals surface area (Å²) >= 11 is 0. The van der Waals surface area contributed by atoms with Gasteiger partial charge in [-0.25, -0.2) is 0 Å². The van der Waals surface area contributed by atoms with E-state index in [4.69, 9.17) is 9.47 Å². The molecule has 0 saturated carbocycles. The molecule has 0 bridgehead atoms. The van der Waals surface area contributed by atoms with Crippen molar-refractivity contribution >= 4 is 5.96 Å². The van der Waals surface area contributed by atoms with Gasteiger partial charge in [0.25, 0.3) is 0 Å². The molecule has 2 aliphatic rings. The Balaban J connectivity index is 1.61. The molecule has 2 fully saturated rings. The van der Waals surface area contributed by atoms with E-state index in [0.29, 0.717) is 12.1 Å². The molecule has 2 atom stereocenters. The molecule has 2 rings (SSSR count). The van der Waals surface area contributed by atoms with Crippen LogP contribution in [-0.2, 0) is 9.47 Å². The van der Waals surface area contributed by atoms with E-state index in [-0.39, 0.29) is 0 Å². The standard InChI is InChI=1S/C19H38N4O2/c1-16(2)13-17(23-9-4-5-10-23)14-22-19(20-3)21-8-6-11-25-18-7-12-24-15-18/h16-18H,4-15H2,1-3H3,(H2,20,21,22). The molecule has 2 unspecified atom stereocenters. The fraction of sp³-hybridized carbons (Fsp3) is 0.947. The van der Waals surface area contributed by atoms with Crippen molar-refractivity contribution in [1.82, 2.24) is 15.5 Å².